The molecule has 1 heterocycles. The lowest BCUT2D eigenvalue weighted by Crippen LogP contribution is -2.07. The van der Waals surface area contributed by atoms with E-state index in [9.17, 15) is 4.79 Å². The van der Waals surface area contributed by atoms with Gasteiger partial charge in [0.15, 0.2) is 0 Å². The molecule has 0 aliphatic rings. The van der Waals surface area contributed by atoms with Crippen molar-refractivity contribution in [1.29, 1.82) is 0 Å². The minimum Gasteiger partial charge on any atom is -0.323 e. The Bertz CT molecular complexity index is 485. The van der Waals surface area contributed by atoms with E-state index < -0.39 is 0 Å². The molecule has 0 fully saturated rings. The van der Waals surface area contributed by atoms with Crippen LogP contribution in [-0.4, -0.2) is 15.5 Å². The molecule has 1 N–H and O–H groups in total. The zero-order valence-electron chi connectivity index (χ0n) is 8.63. The Morgan fingerprint density at radius 2 is 2.12 bits per heavy atom. The van der Waals surface area contributed by atoms with E-state index in [0.717, 1.165) is 11.4 Å². The Hall–Kier alpha value is -2.36. The SMILES string of the molecule is C=CC(=O)Nc1ccc(-n2ccnc2)cc1. The number of nitrogens with one attached hydrogen (secondary N) is 1. The van der Waals surface area contributed by atoms with Crippen LogP contribution in [0.25, 0.3) is 5.69 Å². The quantitative estimate of drug-likeness (QED) is 0.792. The minimum absolute atomic E-state index is 0.213. The van der Waals surface area contributed by atoms with Crippen molar-refractivity contribution in [2.24, 2.45) is 0 Å². The maximum atomic E-state index is 11.1. The fraction of sp³-hybridized carbons (Fsp3) is 0. The van der Waals surface area contributed by atoms with Crippen molar-refractivity contribution < 1.29 is 4.79 Å². The molecular weight excluding hydrogens is 202 g/mol. The fourth-order valence-corrected chi connectivity index (χ4v) is 1.32. The van der Waals surface area contributed by atoms with Gasteiger partial charge >= 0.3 is 0 Å². The topological polar surface area (TPSA) is 46.9 Å². The van der Waals surface area contributed by atoms with Crippen molar-refractivity contribution >= 4 is 11.6 Å². The number of carbonyl (C=O) groups is 1. The summed E-state index contributed by atoms with van der Waals surface area (Å²) in [5.41, 5.74) is 1.74. The molecule has 0 radical (unpaired) electrons. The minimum atomic E-state index is -0.213. The van der Waals surface area contributed by atoms with Crippen LogP contribution in [0.15, 0.2) is 55.6 Å². The first-order chi connectivity index (χ1) is 7.79. The second-order valence-corrected chi connectivity index (χ2v) is 3.21. The summed E-state index contributed by atoms with van der Waals surface area (Å²) in [7, 11) is 0. The molecule has 4 nitrogen and oxygen atoms in total. The molecule has 0 spiro atoms. The molecule has 2 aromatic rings. The highest BCUT2D eigenvalue weighted by Gasteiger charge is 1.98. The first-order valence-corrected chi connectivity index (χ1v) is 4.81. The van der Waals surface area contributed by atoms with Crippen molar-refractivity contribution in [3.63, 3.8) is 0 Å². The Morgan fingerprint density at radius 3 is 2.69 bits per heavy atom. The molecular formula is C12H11N3O. The van der Waals surface area contributed by atoms with Gasteiger partial charge in [-0.25, -0.2) is 4.98 Å². The second-order valence-electron chi connectivity index (χ2n) is 3.21. The molecule has 0 aliphatic carbocycles. The number of benzene rings is 1. The molecule has 0 unspecified atom stereocenters. The summed E-state index contributed by atoms with van der Waals surface area (Å²) < 4.78 is 1.89. The number of imidazole rings is 1. The third-order valence-electron chi connectivity index (χ3n) is 2.12. The number of nitrogens with zero attached hydrogens (tertiary/aromatic N) is 2. The molecule has 4 heteroatoms. The molecule has 0 saturated heterocycles. The molecule has 1 aromatic carbocycles. The largest absolute Gasteiger partial charge is 0.323 e. The summed E-state index contributed by atoms with van der Waals surface area (Å²) in [6.45, 7) is 3.39. The summed E-state index contributed by atoms with van der Waals surface area (Å²) in [6, 6.07) is 7.47. The second kappa shape index (κ2) is 4.44. The average Bonchev–Trinajstić information content (AvgIpc) is 2.83. The molecule has 1 aromatic heterocycles. The highest BCUT2D eigenvalue weighted by atomic mass is 16.1. The van der Waals surface area contributed by atoms with Crippen molar-refractivity contribution in [2.45, 2.75) is 0 Å². The number of rotatable bonds is 3. The Kier molecular flexibility index (Phi) is 2.82. The predicted molar refractivity (Wildman–Crippen MR) is 62.4 cm³/mol. The fourth-order valence-electron chi connectivity index (χ4n) is 1.32. The van der Waals surface area contributed by atoms with E-state index in [1.165, 1.54) is 6.08 Å². The lowest BCUT2D eigenvalue weighted by atomic mass is 10.2. The van der Waals surface area contributed by atoms with Gasteiger partial charge in [0.25, 0.3) is 0 Å². The zero-order chi connectivity index (χ0) is 11.4. The average molecular weight is 213 g/mol. The molecule has 0 bridgehead atoms. The summed E-state index contributed by atoms with van der Waals surface area (Å²) in [4.78, 5) is 15.0. The monoisotopic (exact) mass is 213 g/mol. The molecule has 2 rings (SSSR count). The molecule has 0 atom stereocenters. The Labute approximate surface area is 93.2 Å². The maximum absolute atomic E-state index is 11.1. The van der Waals surface area contributed by atoms with Crippen LogP contribution in [0.1, 0.15) is 0 Å². The van der Waals surface area contributed by atoms with E-state index in [1.54, 1.807) is 12.5 Å². The van der Waals surface area contributed by atoms with Gasteiger partial charge in [-0.05, 0) is 30.3 Å². The first-order valence-electron chi connectivity index (χ1n) is 4.81. The van der Waals surface area contributed by atoms with Crippen LogP contribution in [0.4, 0.5) is 5.69 Å². The Morgan fingerprint density at radius 1 is 1.38 bits per heavy atom. The van der Waals surface area contributed by atoms with Gasteiger partial charge in [-0.3, -0.25) is 4.79 Å². The van der Waals surface area contributed by atoms with Gasteiger partial charge in [0.2, 0.25) is 5.91 Å². The van der Waals surface area contributed by atoms with Crippen molar-refractivity contribution in [2.75, 3.05) is 5.32 Å². The number of hydrogen-bond acceptors (Lipinski definition) is 2. The summed E-state index contributed by atoms with van der Waals surface area (Å²) in [6.07, 6.45) is 6.53. The highest BCUT2D eigenvalue weighted by molar-refractivity contribution is 5.98. The molecule has 16 heavy (non-hydrogen) atoms. The van der Waals surface area contributed by atoms with Gasteiger partial charge in [0, 0.05) is 23.8 Å². The van der Waals surface area contributed by atoms with E-state index in [-0.39, 0.29) is 5.91 Å². The number of anilines is 1. The number of carbonyl (C=O) groups excluding carboxylic acids is 1. The van der Waals surface area contributed by atoms with Crippen molar-refractivity contribution in [3.8, 4) is 5.69 Å². The van der Waals surface area contributed by atoms with Gasteiger partial charge in [-0.1, -0.05) is 6.58 Å². The third kappa shape index (κ3) is 2.17. The van der Waals surface area contributed by atoms with E-state index in [4.69, 9.17) is 0 Å². The van der Waals surface area contributed by atoms with Crippen LogP contribution in [0.3, 0.4) is 0 Å². The number of aromatic nitrogens is 2. The highest BCUT2D eigenvalue weighted by Crippen LogP contribution is 2.12. The van der Waals surface area contributed by atoms with Crippen LogP contribution < -0.4 is 5.32 Å². The van der Waals surface area contributed by atoms with Crippen molar-refractivity contribution in [3.05, 3.63) is 55.6 Å². The van der Waals surface area contributed by atoms with Crippen molar-refractivity contribution in [1.82, 2.24) is 9.55 Å². The summed E-state index contributed by atoms with van der Waals surface area (Å²) in [5.74, 6) is -0.213. The van der Waals surface area contributed by atoms with Gasteiger partial charge < -0.3 is 9.88 Å². The smallest absolute Gasteiger partial charge is 0.247 e. The maximum Gasteiger partial charge on any atom is 0.247 e. The third-order valence-corrected chi connectivity index (χ3v) is 2.12. The van der Waals surface area contributed by atoms with Gasteiger partial charge in [-0.2, -0.15) is 0 Å². The molecule has 0 saturated carbocycles. The number of hydrogen-bond donors (Lipinski definition) is 1. The molecule has 0 aliphatic heterocycles. The molecule has 1 amide bonds. The lowest BCUT2D eigenvalue weighted by molar-refractivity contribution is -0.111. The van der Waals surface area contributed by atoms with Crippen LogP contribution in [-0.2, 0) is 4.79 Å². The van der Waals surface area contributed by atoms with E-state index >= 15 is 0 Å². The zero-order valence-corrected chi connectivity index (χ0v) is 8.63. The van der Waals surface area contributed by atoms with E-state index in [0.29, 0.717) is 0 Å². The van der Waals surface area contributed by atoms with Crippen LogP contribution in [0.2, 0.25) is 0 Å². The van der Waals surface area contributed by atoms with E-state index in [2.05, 4.69) is 16.9 Å². The normalized spacial score (nSPS) is 9.75. The standard InChI is InChI=1S/C12H11N3O/c1-2-12(16)14-10-3-5-11(6-4-10)15-8-7-13-9-15/h2-9H,1H2,(H,14,16). The Balaban J connectivity index is 2.17. The van der Waals surface area contributed by atoms with Crippen LogP contribution in [0, 0.1) is 0 Å². The van der Waals surface area contributed by atoms with Gasteiger partial charge in [0.05, 0.1) is 6.33 Å². The van der Waals surface area contributed by atoms with Gasteiger partial charge in [0.1, 0.15) is 0 Å². The summed E-state index contributed by atoms with van der Waals surface area (Å²) >= 11 is 0. The molecule has 80 valence electrons. The lowest BCUT2D eigenvalue weighted by Gasteiger charge is -2.04. The summed E-state index contributed by atoms with van der Waals surface area (Å²) in [5, 5.41) is 2.68. The predicted octanol–water partition coefficient (Wildman–Crippen LogP) is 2.00. The first kappa shape index (κ1) is 10.2. The number of amides is 1. The van der Waals surface area contributed by atoms with Gasteiger partial charge in [-0.15, -0.1) is 0 Å². The van der Waals surface area contributed by atoms with Crippen LogP contribution in [0.5, 0.6) is 0 Å². The van der Waals surface area contributed by atoms with E-state index in [1.807, 2.05) is 35.0 Å². The van der Waals surface area contributed by atoms with Crippen LogP contribution >= 0.6 is 0 Å².